The smallest absolute Gasteiger partial charge is 0.166 e. The van der Waals surface area contributed by atoms with Crippen LogP contribution in [0.25, 0.3) is 0 Å². The van der Waals surface area contributed by atoms with E-state index in [0.29, 0.717) is 6.42 Å². The standard InChI is InChI=1S/C12H25O2/c1-9-12(8,13-10(2,3)4)14-11(5,6)7/h1,9H2,2-8H3. The van der Waals surface area contributed by atoms with Crippen molar-refractivity contribution in [3.8, 4) is 0 Å². The van der Waals surface area contributed by atoms with E-state index in [1.54, 1.807) is 0 Å². The molecule has 0 spiro atoms. The first-order valence-electron chi connectivity index (χ1n) is 5.17. The summed E-state index contributed by atoms with van der Waals surface area (Å²) in [6, 6.07) is 0. The molecule has 0 rings (SSSR count). The Hall–Kier alpha value is -0.0800. The number of rotatable bonds is 3. The third-order valence-electron chi connectivity index (χ3n) is 1.50. The Morgan fingerprint density at radius 3 is 1.21 bits per heavy atom. The van der Waals surface area contributed by atoms with Crippen LogP contribution in [0, 0.1) is 6.92 Å². The van der Waals surface area contributed by atoms with Gasteiger partial charge in [-0.25, -0.2) is 0 Å². The summed E-state index contributed by atoms with van der Waals surface area (Å²) in [5.41, 5.74) is -0.421. The molecule has 0 aliphatic carbocycles. The molecular weight excluding hydrogens is 176 g/mol. The molecule has 2 heteroatoms. The fourth-order valence-electron chi connectivity index (χ4n) is 1.42. The van der Waals surface area contributed by atoms with E-state index in [1.165, 1.54) is 0 Å². The zero-order valence-electron chi connectivity index (χ0n) is 10.7. The Morgan fingerprint density at radius 1 is 0.786 bits per heavy atom. The van der Waals surface area contributed by atoms with Crippen LogP contribution >= 0.6 is 0 Å². The van der Waals surface area contributed by atoms with Gasteiger partial charge in [0, 0.05) is 6.42 Å². The van der Waals surface area contributed by atoms with Crippen molar-refractivity contribution < 1.29 is 9.47 Å². The molecule has 0 fully saturated rings. The summed E-state index contributed by atoms with van der Waals surface area (Å²) >= 11 is 0. The summed E-state index contributed by atoms with van der Waals surface area (Å²) in [6.07, 6.45) is 0.599. The van der Waals surface area contributed by atoms with Gasteiger partial charge in [0.05, 0.1) is 11.2 Å². The van der Waals surface area contributed by atoms with Gasteiger partial charge in [0.15, 0.2) is 5.79 Å². The normalized spacial score (nSPS) is 14.6. The zero-order chi connectivity index (χ0) is 11.6. The highest BCUT2D eigenvalue weighted by molar-refractivity contribution is 4.75. The monoisotopic (exact) mass is 201 g/mol. The minimum absolute atomic E-state index is 0.211. The number of hydrogen-bond acceptors (Lipinski definition) is 2. The van der Waals surface area contributed by atoms with Crippen LogP contribution in [-0.2, 0) is 9.47 Å². The van der Waals surface area contributed by atoms with E-state index in [2.05, 4.69) is 6.92 Å². The first-order chi connectivity index (χ1) is 5.97. The molecule has 0 aliphatic heterocycles. The third kappa shape index (κ3) is 6.39. The molecule has 14 heavy (non-hydrogen) atoms. The molecule has 2 nitrogen and oxygen atoms in total. The van der Waals surface area contributed by atoms with E-state index in [1.807, 2.05) is 48.5 Å². The van der Waals surface area contributed by atoms with Gasteiger partial charge in [-0.1, -0.05) is 0 Å². The molecule has 0 aromatic heterocycles. The molecule has 0 heterocycles. The lowest BCUT2D eigenvalue weighted by Gasteiger charge is -2.40. The number of hydrogen-bond donors (Lipinski definition) is 0. The predicted molar refractivity (Wildman–Crippen MR) is 60.1 cm³/mol. The maximum Gasteiger partial charge on any atom is 0.166 e. The maximum absolute atomic E-state index is 5.87. The lowest BCUT2D eigenvalue weighted by molar-refractivity contribution is -0.300. The summed E-state index contributed by atoms with van der Waals surface area (Å²) in [5, 5.41) is 0. The van der Waals surface area contributed by atoms with Crippen LogP contribution in [-0.4, -0.2) is 17.0 Å². The molecule has 0 aromatic carbocycles. The summed E-state index contributed by atoms with van der Waals surface area (Å²) in [7, 11) is 0. The van der Waals surface area contributed by atoms with Gasteiger partial charge < -0.3 is 9.47 Å². The molecule has 85 valence electrons. The molecule has 0 unspecified atom stereocenters. The van der Waals surface area contributed by atoms with Crippen molar-refractivity contribution in [1.29, 1.82) is 0 Å². The van der Waals surface area contributed by atoms with Gasteiger partial charge >= 0.3 is 0 Å². The average Bonchev–Trinajstić information content (AvgIpc) is 1.78. The molecule has 0 bridgehead atoms. The van der Waals surface area contributed by atoms with Crippen molar-refractivity contribution in [2.75, 3.05) is 0 Å². The molecule has 1 radical (unpaired) electrons. The van der Waals surface area contributed by atoms with Crippen LogP contribution in [0.4, 0.5) is 0 Å². The summed E-state index contributed by atoms with van der Waals surface area (Å²) in [4.78, 5) is 0. The van der Waals surface area contributed by atoms with Crippen molar-refractivity contribution in [3.63, 3.8) is 0 Å². The topological polar surface area (TPSA) is 18.5 Å². The van der Waals surface area contributed by atoms with Crippen LogP contribution in [0.3, 0.4) is 0 Å². The zero-order valence-corrected chi connectivity index (χ0v) is 10.7. The van der Waals surface area contributed by atoms with Crippen molar-refractivity contribution >= 4 is 0 Å². The first kappa shape index (κ1) is 13.9. The van der Waals surface area contributed by atoms with Crippen molar-refractivity contribution in [2.24, 2.45) is 0 Å². The highest BCUT2D eigenvalue weighted by atomic mass is 16.7. The lowest BCUT2D eigenvalue weighted by Crippen LogP contribution is -2.44. The van der Waals surface area contributed by atoms with Crippen LogP contribution in [0.5, 0.6) is 0 Å². The van der Waals surface area contributed by atoms with Crippen molar-refractivity contribution in [1.82, 2.24) is 0 Å². The molecule has 0 atom stereocenters. The predicted octanol–water partition coefficient (Wildman–Crippen LogP) is 3.56. The third-order valence-corrected chi connectivity index (χ3v) is 1.50. The van der Waals surface area contributed by atoms with Gasteiger partial charge in [0.1, 0.15) is 0 Å². The van der Waals surface area contributed by atoms with Crippen molar-refractivity contribution in [3.05, 3.63) is 6.92 Å². The van der Waals surface area contributed by atoms with E-state index >= 15 is 0 Å². The molecule has 0 aliphatic rings. The fourth-order valence-corrected chi connectivity index (χ4v) is 1.42. The molecule has 0 amide bonds. The molecule has 0 saturated carbocycles. The van der Waals surface area contributed by atoms with Crippen LogP contribution in [0.2, 0.25) is 0 Å². The van der Waals surface area contributed by atoms with E-state index in [4.69, 9.17) is 9.47 Å². The average molecular weight is 201 g/mol. The van der Waals surface area contributed by atoms with E-state index < -0.39 is 5.79 Å². The largest absolute Gasteiger partial charge is 0.345 e. The summed E-state index contributed by atoms with van der Waals surface area (Å²) in [6.45, 7) is 17.9. The van der Waals surface area contributed by atoms with Gasteiger partial charge in [-0.15, -0.1) is 0 Å². The van der Waals surface area contributed by atoms with Crippen LogP contribution in [0.1, 0.15) is 54.9 Å². The molecule has 0 N–H and O–H groups in total. The second kappa shape index (κ2) is 4.19. The van der Waals surface area contributed by atoms with Gasteiger partial charge in [0.2, 0.25) is 0 Å². The Labute approximate surface area is 89.0 Å². The highest BCUT2D eigenvalue weighted by Crippen LogP contribution is 2.28. The van der Waals surface area contributed by atoms with Gasteiger partial charge in [0.25, 0.3) is 0 Å². The van der Waals surface area contributed by atoms with Gasteiger partial charge in [-0.05, 0) is 55.4 Å². The molecular formula is C12H25O2. The quantitative estimate of drug-likeness (QED) is 0.650. The molecule has 0 saturated heterocycles. The Kier molecular flexibility index (Phi) is 4.17. The Bertz CT molecular complexity index is 156. The van der Waals surface area contributed by atoms with E-state index in [-0.39, 0.29) is 11.2 Å². The molecule has 0 aromatic rings. The fraction of sp³-hybridized carbons (Fsp3) is 0.917. The maximum atomic E-state index is 5.87. The minimum atomic E-state index is -0.601. The summed E-state index contributed by atoms with van der Waals surface area (Å²) < 4.78 is 11.7. The number of ether oxygens (including phenoxy) is 2. The van der Waals surface area contributed by atoms with E-state index in [0.717, 1.165) is 0 Å². The second-order valence-electron chi connectivity index (χ2n) is 5.81. The first-order valence-corrected chi connectivity index (χ1v) is 5.17. The lowest BCUT2D eigenvalue weighted by atomic mass is 10.1. The van der Waals surface area contributed by atoms with Gasteiger partial charge in [-0.2, -0.15) is 0 Å². The Balaban J connectivity index is 4.49. The Morgan fingerprint density at radius 2 is 1.07 bits per heavy atom. The highest BCUT2D eigenvalue weighted by Gasteiger charge is 2.33. The van der Waals surface area contributed by atoms with E-state index in [9.17, 15) is 0 Å². The SMILES string of the molecule is [CH2]CC(C)(OC(C)(C)C)OC(C)(C)C. The summed E-state index contributed by atoms with van der Waals surface area (Å²) in [5.74, 6) is -0.601. The second-order valence-corrected chi connectivity index (χ2v) is 5.81. The van der Waals surface area contributed by atoms with Crippen molar-refractivity contribution in [2.45, 2.75) is 71.9 Å². The van der Waals surface area contributed by atoms with Gasteiger partial charge in [-0.3, -0.25) is 0 Å². The minimum Gasteiger partial charge on any atom is -0.345 e. The van der Waals surface area contributed by atoms with Crippen LogP contribution in [0.15, 0.2) is 0 Å². The van der Waals surface area contributed by atoms with Crippen LogP contribution < -0.4 is 0 Å².